The molecule has 1 aliphatic carbocycles. The zero-order valence-electron chi connectivity index (χ0n) is 12.8. The summed E-state index contributed by atoms with van der Waals surface area (Å²) in [6, 6.07) is 6.04. The van der Waals surface area contributed by atoms with Gasteiger partial charge in [0.15, 0.2) is 0 Å². The standard InChI is InChI=1S/C17H26O3/c1-17(2)8-4-5-15(17)14-11-13(12-18)6-7-16(14)20-10-9-19-3/h6-7,11,15,18H,4-5,8-10,12H2,1-3H3/t15-/m0/s1. The molecule has 3 nitrogen and oxygen atoms in total. The predicted molar refractivity (Wildman–Crippen MR) is 80.1 cm³/mol. The lowest BCUT2D eigenvalue weighted by molar-refractivity contribution is 0.145. The smallest absolute Gasteiger partial charge is 0.122 e. The molecule has 0 aliphatic heterocycles. The Kier molecular flexibility index (Phi) is 5.06. The normalized spacial score (nSPS) is 21.1. The first-order valence-corrected chi connectivity index (χ1v) is 7.44. The third-order valence-corrected chi connectivity index (χ3v) is 4.43. The maximum atomic E-state index is 9.38. The molecule has 112 valence electrons. The molecular weight excluding hydrogens is 252 g/mol. The van der Waals surface area contributed by atoms with Crippen molar-refractivity contribution >= 4 is 0 Å². The van der Waals surface area contributed by atoms with Crippen LogP contribution in [-0.2, 0) is 11.3 Å². The molecule has 1 atom stereocenters. The largest absolute Gasteiger partial charge is 0.491 e. The third kappa shape index (κ3) is 3.33. The summed E-state index contributed by atoms with van der Waals surface area (Å²) in [6.45, 7) is 5.90. The molecule has 3 heteroatoms. The lowest BCUT2D eigenvalue weighted by Crippen LogP contribution is -2.17. The fraction of sp³-hybridized carbons (Fsp3) is 0.647. The minimum Gasteiger partial charge on any atom is -0.491 e. The Bertz CT molecular complexity index is 440. The van der Waals surface area contributed by atoms with Crippen molar-refractivity contribution in [2.45, 2.75) is 45.6 Å². The first-order chi connectivity index (χ1) is 9.58. The topological polar surface area (TPSA) is 38.7 Å². The quantitative estimate of drug-likeness (QED) is 0.809. The van der Waals surface area contributed by atoms with E-state index < -0.39 is 0 Å². The van der Waals surface area contributed by atoms with Crippen LogP contribution in [0.2, 0.25) is 0 Å². The molecule has 0 bridgehead atoms. The maximum Gasteiger partial charge on any atom is 0.122 e. The molecule has 1 saturated carbocycles. The number of aliphatic hydroxyl groups is 1. The number of methoxy groups -OCH3 is 1. The Morgan fingerprint density at radius 1 is 1.30 bits per heavy atom. The Balaban J connectivity index is 2.27. The van der Waals surface area contributed by atoms with E-state index in [9.17, 15) is 5.11 Å². The molecule has 0 radical (unpaired) electrons. The molecule has 1 N–H and O–H groups in total. The highest BCUT2D eigenvalue weighted by molar-refractivity contribution is 5.41. The fourth-order valence-corrected chi connectivity index (χ4v) is 3.24. The van der Waals surface area contributed by atoms with E-state index in [0.29, 0.717) is 24.5 Å². The predicted octanol–water partition coefficient (Wildman–Crippen LogP) is 3.50. The van der Waals surface area contributed by atoms with Crippen LogP contribution < -0.4 is 4.74 Å². The summed E-state index contributed by atoms with van der Waals surface area (Å²) in [5.41, 5.74) is 2.50. The van der Waals surface area contributed by atoms with Crippen LogP contribution in [0.15, 0.2) is 18.2 Å². The molecule has 0 amide bonds. The lowest BCUT2D eigenvalue weighted by Gasteiger charge is -2.29. The third-order valence-electron chi connectivity index (χ3n) is 4.43. The second kappa shape index (κ2) is 6.59. The SMILES string of the molecule is COCCOc1ccc(CO)cc1[C@@H]1CCCC1(C)C. The van der Waals surface area contributed by atoms with Crippen LogP contribution in [0, 0.1) is 5.41 Å². The number of rotatable bonds is 6. The number of ether oxygens (including phenoxy) is 2. The maximum absolute atomic E-state index is 9.38. The Labute approximate surface area is 121 Å². The molecule has 1 fully saturated rings. The summed E-state index contributed by atoms with van der Waals surface area (Å²) in [6.07, 6.45) is 3.71. The average molecular weight is 278 g/mol. The van der Waals surface area contributed by atoms with Crippen molar-refractivity contribution in [1.29, 1.82) is 0 Å². The molecule has 0 spiro atoms. The van der Waals surface area contributed by atoms with Crippen LogP contribution in [0.5, 0.6) is 5.75 Å². The van der Waals surface area contributed by atoms with E-state index in [2.05, 4.69) is 19.9 Å². The van der Waals surface area contributed by atoms with Gasteiger partial charge < -0.3 is 14.6 Å². The summed E-state index contributed by atoms with van der Waals surface area (Å²) in [5.74, 6) is 1.45. The van der Waals surface area contributed by atoms with Gasteiger partial charge in [-0.15, -0.1) is 0 Å². The van der Waals surface area contributed by atoms with Gasteiger partial charge in [-0.1, -0.05) is 26.3 Å². The van der Waals surface area contributed by atoms with Crippen molar-refractivity contribution in [3.8, 4) is 5.75 Å². The Morgan fingerprint density at radius 3 is 2.70 bits per heavy atom. The van der Waals surface area contributed by atoms with Crippen LogP contribution in [0.25, 0.3) is 0 Å². The van der Waals surface area contributed by atoms with Gasteiger partial charge in [-0.3, -0.25) is 0 Å². The highest BCUT2D eigenvalue weighted by atomic mass is 16.5. The molecule has 1 aromatic rings. The second-order valence-corrected chi connectivity index (χ2v) is 6.30. The van der Waals surface area contributed by atoms with Crippen molar-refractivity contribution in [2.24, 2.45) is 5.41 Å². The summed E-state index contributed by atoms with van der Waals surface area (Å²) >= 11 is 0. The van der Waals surface area contributed by atoms with Crippen molar-refractivity contribution in [2.75, 3.05) is 20.3 Å². The molecule has 0 unspecified atom stereocenters. The molecule has 1 aliphatic rings. The Hall–Kier alpha value is -1.06. The van der Waals surface area contributed by atoms with Gasteiger partial charge in [0.1, 0.15) is 12.4 Å². The van der Waals surface area contributed by atoms with Gasteiger partial charge in [-0.25, -0.2) is 0 Å². The summed E-state index contributed by atoms with van der Waals surface area (Å²) in [7, 11) is 1.68. The van der Waals surface area contributed by atoms with Crippen molar-refractivity contribution < 1.29 is 14.6 Å². The molecule has 2 rings (SSSR count). The van der Waals surface area contributed by atoms with Crippen LogP contribution >= 0.6 is 0 Å². The van der Waals surface area contributed by atoms with E-state index in [0.717, 1.165) is 11.3 Å². The number of hydrogen-bond donors (Lipinski definition) is 1. The first-order valence-electron chi connectivity index (χ1n) is 7.44. The molecule has 20 heavy (non-hydrogen) atoms. The molecule has 0 aromatic heterocycles. The van der Waals surface area contributed by atoms with E-state index in [-0.39, 0.29) is 6.61 Å². The van der Waals surface area contributed by atoms with E-state index in [4.69, 9.17) is 9.47 Å². The molecule has 0 heterocycles. The monoisotopic (exact) mass is 278 g/mol. The van der Waals surface area contributed by atoms with Gasteiger partial charge in [0, 0.05) is 7.11 Å². The lowest BCUT2D eigenvalue weighted by atomic mass is 9.77. The summed E-state index contributed by atoms with van der Waals surface area (Å²) < 4.78 is 10.9. The van der Waals surface area contributed by atoms with Crippen LogP contribution in [0.4, 0.5) is 0 Å². The number of benzene rings is 1. The average Bonchev–Trinajstić information content (AvgIpc) is 2.79. The van der Waals surface area contributed by atoms with Gasteiger partial charge in [0.25, 0.3) is 0 Å². The fourth-order valence-electron chi connectivity index (χ4n) is 3.24. The second-order valence-electron chi connectivity index (χ2n) is 6.30. The van der Waals surface area contributed by atoms with Crippen molar-refractivity contribution in [1.82, 2.24) is 0 Å². The summed E-state index contributed by atoms with van der Waals surface area (Å²) in [4.78, 5) is 0. The van der Waals surface area contributed by atoms with E-state index in [1.807, 2.05) is 12.1 Å². The number of hydrogen-bond acceptors (Lipinski definition) is 3. The minimum absolute atomic E-state index is 0.0818. The zero-order chi connectivity index (χ0) is 14.6. The van der Waals surface area contributed by atoms with E-state index >= 15 is 0 Å². The zero-order valence-corrected chi connectivity index (χ0v) is 12.8. The highest BCUT2D eigenvalue weighted by Crippen LogP contribution is 2.51. The van der Waals surface area contributed by atoms with Gasteiger partial charge in [0.2, 0.25) is 0 Å². The minimum atomic E-state index is 0.0818. The van der Waals surface area contributed by atoms with Crippen LogP contribution in [0.1, 0.15) is 50.2 Å². The highest BCUT2D eigenvalue weighted by Gasteiger charge is 2.37. The van der Waals surface area contributed by atoms with Crippen LogP contribution in [0.3, 0.4) is 0 Å². The van der Waals surface area contributed by atoms with Crippen molar-refractivity contribution in [3.63, 3.8) is 0 Å². The Morgan fingerprint density at radius 2 is 2.10 bits per heavy atom. The van der Waals surface area contributed by atoms with Gasteiger partial charge in [-0.05, 0) is 47.4 Å². The van der Waals surface area contributed by atoms with Gasteiger partial charge in [-0.2, -0.15) is 0 Å². The molecule has 1 aromatic carbocycles. The van der Waals surface area contributed by atoms with Crippen molar-refractivity contribution in [3.05, 3.63) is 29.3 Å². The van der Waals surface area contributed by atoms with E-state index in [1.165, 1.54) is 24.8 Å². The van der Waals surface area contributed by atoms with Gasteiger partial charge >= 0.3 is 0 Å². The molecule has 0 saturated heterocycles. The van der Waals surface area contributed by atoms with Crippen LogP contribution in [-0.4, -0.2) is 25.4 Å². The molecular formula is C17H26O3. The van der Waals surface area contributed by atoms with Gasteiger partial charge in [0.05, 0.1) is 13.2 Å². The summed E-state index contributed by atoms with van der Waals surface area (Å²) in [5, 5.41) is 9.38. The number of aliphatic hydroxyl groups excluding tert-OH is 1. The first kappa shape index (κ1) is 15.3. The van der Waals surface area contributed by atoms with E-state index in [1.54, 1.807) is 7.11 Å².